The molecule has 3 nitrogen and oxygen atoms in total. The van der Waals surface area contributed by atoms with Crippen molar-refractivity contribution >= 4 is 17.3 Å². The maximum absolute atomic E-state index is 13.3. The molecule has 0 fully saturated rings. The van der Waals surface area contributed by atoms with E-state index in [2.05, 4.69) is 4.98 Å². The van der Waals surface area contributed by atoms with Crippen LogP contribution in [0.1, 0.15) is 25.1 Å². The molecule has 1 heterocycles. The van der Waals surface area contributed by atoms with Gasteiger partial charge in [0, 0.05) is 10.9 Å². The van der Waals surface area contributed by atoms with Gasteiger partial charge < -0.3 is 5.11 Å². The van der Waals surface area contributed by atoms with Gasteiger partial charge in [-0.3, -0.25) is 4.79 Å². The summed E-state index contributed by atoms with van der Waals surface area (Å²) in [6, 6.07) is 4.51. The summed E-state index contributed by atoms with van der Waals surface area (Å²) in [6.07, 6.45) is 0. The molecule has 5 heteroatoms. The quantitative estimate of drug-likeness (QED) is 0.933. The zero-order valence-electron chi connectivity index (χ0n) is 10.9. The monoisotopic (exact) mass is 279 g/mol. The van der Waals surface area contributed by atoms with E-state index in [-0.39, 0.29) is 5.82 Å². The fourth-order valence-corrected chi connectivity index (χ4v) is 2.69. The van der Waals surface area contributed by atoms with Gasteiger partial charge in [-0.15, -0.1) is 11.3 Å². The molecule has 1 aromatic carbocycles. The van der Waals surface area contributed by atoms with Crippen LogP contribution in [0.3, 0.4) is 0 Å². The predicted octanol–water partition coefficient (Wildman–Crippen LogP) is 3.62. The summed E-state index contributed by atoms with van der Waals surface area (Å²) >= 11 is 1.33. The van der Waals surface area contributed by atoms with Crippen molar-refractivity contribution in [3.8, 4) is 10.6 Å². The van der Waals surface area contributed by atoms with Gasteiger partial charge in [-0.1, -0.05) is 6.07 Å². The molecule has 19 heavy (non-hydrogen) atoms. The summed E-state index contributed by atoms with van der Waals surface area (Å²) in [5.74, 6) is -1.25. The topological polar surface area (TPSA) is 50.2 Å². The number of aryl methyl sites for hydroxylation is 1. The Hall–Kier alpha value is -1.75. The molecule has 0 radical (unpaired) electrons. The van der Waals surface area contributed by atoms with Crippen LogP contribution in [0, 0.1) is 12.7 Å². The summed E-state index contributed by atoms with van der Waals surface area (Å²) in [7, 11) is 0. The molecule has 0 spiro atoms. The first-order chi connectivity index (χ1) is 8.82. The van der Waals surface area contributed by atoms with Crippen LogP contribution in [-0.4, -0.2) is 16.1 Å². The summed E-state index contributed by atoms with van der Waals surface area (Å²) in [6.45, 7) is 5.08. The van der Waals surface area contributed by atoms with Gasteiger partial charge in [0.05, 0.1) is 5.69 Å². The normalized spacial score (nSPS) is 11.6. The lowest BCUT2D eigenvalue weighted by Gasteiger charge is -2.15. The Labute approximate surface area is 114 Å². The first kappa shape index (κ1) is 13.7. The smallest absolute Gasteiger partial charge is 0.315 e. The molecule has 0 bridgehead atoms. The van der Waals surface area contributed by atoms with Gasteiger partial charge in [-0.2, -0.15) is 0 Å². The molecule has 1 aromatic heterocycles. The number of aromatic nitrogens is 1. The average molecular weight is 279 g/mol. The molecule has 0 saturated carbocycles. The second-order valence-electron chi connectivity index (χ2n) is 4.93. The van der Waals surface area contributed by atoms with Crippen molar-refractivity contribution in [2.24, 2.45) is 0 Å². The maximum Gasteiger partial charge on any atom is 0.315 e. The predicted molar refractivity (Wildman–Crippen MR) is 72.9 cm³/mol. The van der Waals surface area contributed by atoms with Gasteiger partial charge in [0.15, 0.2) is 0 Å². The largest absolute Gasteiger partial charge is 0.481 e. The number of hydrogen-bond acceptors (Lipinski definition) is 3. The number of halogens is 1. The van der Waals surface area contributed by atoms with E-state index in [1.54, 1.807) is 25.3 Å². The van der Waals surface area contributed by atoms with E-state index >= 15 is 0 Å². The summed E-state index contributed by atoms with van der Waals surface area (Å²) in [5, 5.41) is 11.5. The van der Waals surface area contributed by atoms with Gasteiger partial charge >= 0.3 is 5.97 Å². The Bertz CT molecular complexity index is 634. The minimum absolute atomic E-state index is 0.324. The second-order valence-corrected chi connectivity index (χ2v) is 5.79. The molecule has 2 rings (SSSR count). The van der Waals surface area contributed by atoms with Crippen molar-refractivity contribution in [3.05, 3.63) is 40.7 Å². The van der Waals surface area contributed by atoms with E-state index in [1.165, 1.54) is 23.5 Å². The Morgan fingerprint density at radius 3 is 2.74 bits per heavy atom. The molecular formula is C14H14FNO2S. The number of nitrogens with zero attached hydrogens (tertiary/aromatic N) is 1. The van der Waals surface area contributed by atoms with Crippen molar-refractivity contribution < 1.29 is 14.3 Å². The van der Waals surface area contributed by atoms with Crippen LogP contribution in [-0.2, 0) is 10.2 Å². The lowest BCUT2D eigenvalue weighted by molar-refractivity contribution is -0.142. The highest BCUT2D eigenvalue weighted by molar-refractivity contribution is 7.13. The van der Waals surface area contributed by atoms with Crippen LogP contribution >= 0.6 is 11.3 Å². The summed E-state index contributed by atoms with van der Waals surface area (Å²) < 4.78 is 13.3. The number of carbonyl (C=O) groups is 1. The van der Waals surface area contributed by atoms with E-state index in [0.717, 1.165) is 5.56 Å². The zero-order valence-corrected chi connectivity index (χ0v) is 11.7. The number of benzene rings is 1. The molecule has 0 atom stereocenters. The van der Waals surface area contributed by atoms with Crippen LogP contribution in [0.2, 0.25) is 0 Å². The molecule has 0 aliphatic rings. The number of carboxylic acid groups (broad SMARTS) is 1. The van der Waals surface area contributed by atoms with Crippen LogP contribution in [0.4, 0.5) is 4.39 Å². The highest BCUT2D eigenvalue weighted by Gasteiger charge is 2.32. The fraction of sp³-hybridized carbons (Fsp3) is 0.286. The van der Waals surface area contributed by atoms with Gasteiger partial charge in [0.1, 0.15) is 16.2 Å². The van der Waals surface area contributed by atoms with E-state index in [0.29, 0.717) is 16.3 Å². The summed E-state index contributed by atoms with van der Waals surface area (Å²) in [5.41, 5.74) is 1.06. The van der Waals surface area contributed by atoms with Gasteiger partial charge in [-0.25, -0.2) is 9.37 Å². The van der Waals surface area contributed by atoms with Crippen molar-refractivity contribution in [3.63, 3.8) is 0 Å². The van der Waals surface area contributed by atoms with Crippen LogP contribution in [0.25, 0.3) is 10.6 Å². The van der Waals surface area contributed by atoms with Gasteiger partial charge in [0.25, 0.3) is 0 Å². The van der Waals surface area contributed by atoms with Crippen molar-refractivity contribution in [1.29, 1.82) is 0 Å². The lowest BCUT2D eigenvalue weighted by atomic mass is 9.90. The molecular weight excluding hydrogens is 265 g/mol. The second kappa shape index (κ2) is 4.74. The number of rotatable bonds is 3. The maximum atomic E-state index is 13.3. The van der Waals surface area contributed by atoms with E-state index < -0.39 is 11.4 Å². The number of thiazole rings is 1. The number of carboxylic acids is 1. The van der Waals surface area contributed by atoms with Crippen molar-refractivity contribution in [2.75, 3.05) is 0 Å². The molecule has 0 aliphatic heterocycles. The Morgan fingerprint density at radius 1 is 1.42 bits per heavy atom. The molecule has 0 saturated heterocycles. The number of hydrogen-bond donors (Lipinski definition) is 1. The molecule has 2 aromatic rings. The molecule has 1 N–H and O–H groups in total. The van der Waals surface area contributed by atoms with Gasteiger partial charge in [-0.05, 0) is 38.5 Å². The standard InChI is InChI=1S/C14H14FNO2S/c1-8-4-5-9(15)6-10(8)12-16-11(7-19-12)14(2,3)13(17)18/h4-7H,1-3H3,(H,17,18). The van der Waals surface area contributed by atoms with E-state index in [4.69, 9.17) is 0 Å². The molecule has 0 aliphatic carbocycles. The van der Waals surface area contributed by atoms with Crippen molar-refractivity contribution in [1.82, 2.24) is 4.98 Å². The van der Waals surface area contributed by atoms with Gasteiger partial charge in [0.2, 0.25) is 0 Å². The first-order valence-corrected chi connectivity index (χ1v) is 6.66. The van der Waals surface area contributed by atoms with E-state index in [1.807, 2.05) is 6.92 Å². The average Bonchev–Trinajstić information content (AvgIpc) is 2.82. The molecule has 0 unspecified atom stereocenters. The van der Waals surface area contributed by atoms with Crippen LogP contribution < -0.4 is 0 Å². The third kappa shape index (κ3) is 2.51. The highest BCUT2D eigenvalue weighted by Crippen LogP contribution is 2.32. The zero-order chi connectivity index (χ0) is 14.2. The Balaban J connectivity index is 2.47. The highest BCUT2D eigenvalue weighted by atomic mass is 32.1. The van der Waals surface area contributed by atoms with E-state index in [9.17, 15) is 14.3 Å². The minimum atomic E-state index is -1.05. The van der Waals surface area contributed by atoms with Crippen LogP contribution in [0.5, 0.6) is 0 Å². The third-order valence-electron chi connectivity index (χ3n) is 3.11. The lowest BCUT2D eigenvalue weighted by Crippen LogP contribution is -2.28. The minimum Gasteiger partial charge on any atom is -0.481 e. The third-order valence-corrected chi connectivity index (χ3v) is 3.98. The SMILES string of the molecule is Cc1ccc(F)cc1-c1nc(C(C)(C)C(=O)O)cs1. The molecule has 100 valence electrons. The summed E-state index contributed by atoms with van der Waals surface area (Å²) in [4.78, 5) is 15.5. The van der Waals surface area contributed by atoms with Crippen LogP contribution in [0.15, 0.2) is 23.6 Å². The Morgan fingerprint density at radius 2 is 2.11 bits per heavy atom. The first-order valence-electron chi connectivity index (χ1n) is 5.78. The molecule has 0 amide bonds. The Kier molecular flexibility index (Phi) is 3.41. The fourth-order valence-electron chi connectivity index (χ4n) is 1.62. The number of aliphatic carboxylic acids is 1. The van der Waals surface area contributed by atoms with Crippen molar-refractivity contribution in [2.45, 2.75) is 26.2 Å².